The van der Waals surface area contributed by atoms with Crippen LogP contribution in [0.5, 0.6) is 0 Å². The highest BCUT2D eigenvalue weighted by molar-refractivity contribution is 7.90. The molecule has 1 atom stereocenters. The fourth-order valence-corrected chi connectivity index (χ4v) is 2.39. The molecule has 0 saturated heterocycles. The van der Waals surface area contributed by atoms with E-state index in [1.807, 2.05) is 42.2 Å². The normalized spacial score (nSPS) is 13.7. The lowest BCUT2D eigenvalue weighted by molar-refractivity contribution is 0.109. The Kier molecular flexibility index (Phi) is 6.48. The number of aliphatic hydroxyl groups excluding tert-OH is 1. The highest BCUT2D eigenvalue weighted by Gasteiger charge is 2.13. The molecule has 0 aliphatic carbocycles. The Morgan fingerprint density at radius 1 is 1.26 bits per heavy atom. The van der Waals surface area contributed by atoms with E-state index in [1.165, 1.54) is 6.26 Å². The van der Waals surface area contributed by atoms with Crippen LogP contribution in [0.4, 0.5) is 0 Å². The SMILES string of the molecule is CCC(O)CN(CCS(C)(=O)=O)Cc1ccccc1. The van der Waals surface area contributed by atoms with E-state index in [0.717, 1.165) is 5.56 Å². The maximum atomic E-state index is 11.3. The minimum Gasteiger partial charge on any atom is -0.392 e. The van der Waals surface area contributed by atoms with E-state index in [-0.39, 0.29) is 5.75 Å². The summed E-state index contributed by atoms with van der Waals surface area (Å²) in [4.78, 5) is 1.99. The van der Waals surface area contributed by atoms with Crippen molar-refractivity contribution in [1.29, 1.82) is 0 Å². The highest BCUT2D eigenvalue weighted by Crippen LogP contribution is 2.06. The van der Waals surface area contributed by atoms with Gasteiger partial charge in [0, 0.05) is 25.9 Å². The van der Waals surface area contributed by atoms with E-state index in [9.17, 15) is 13.5 Å². The maximum absolute atomic E-state index is 11.3. The fraction of sp³-hybridized carbons (Fsp3) is 0.571. The van der Waals surface area contributed by atoms with Crippen molar-refractivity contribution in [3.8, 4) is 0 Å². The first-order valence-corrected chi connectivity index (χ1v) is 8.59. The van der Waals surface area contributed by atoms with Crippen molar-refractivity contribution in [2.75, 3.05) is 25.1 Å². The third kappa shape index (κ3) is 7.30. The number of hydrogen-bond acceptors (Lipinski definition) is 4. The molecule has 1 aromatic carbocycles. The molecule has 0 aliphatic heterocycles. The van der Waals surface area contributed by atoms with Crippen LogP contribution in [0, 0.1) is 0 Å². The van der Waals surface area contributed by atoms with Crippen LogP contribution in [0.2, 0.25) is 0 Å². The third-order valence-electron chi connectivity index (χ3n) is 2.97. The summed E-state index contributed by atoms with van der Waals surface area (Å²) in [6.07, 6.45) is 1.50. The first kappa shape index (κ1) is 16.1. The summed E-state index contributed by atoms with van der Waals surface area (Å²) < 4.78 is 22.5. The van der Waals surface area contributed by atoms with Gasteiger partial charge in [-0.15, -0.1) is 0 Å². The van der Waals surface area contributed by atoms with Gasteiger partial charge in [-0.25, -0.2) is 8.42 Å². The van der Waals surface area contributed by atoms with Crippen LogP contribution < -0.4 is 0 Å². The van der Waals surface area contributed by atoms with Gasteiger partial charge in [-0.05, 0) is 12.0 Å². The largest absolute Gasteiger partial charge is 0.392 e. The number of rotatable bonds is 8. The average molecular weight is 285 g/mol. The van der Waals surface area contributed by atoms with Gasteiger partial charge in [0.2, 0.25) is 0 Å². The van der Waals surface area contributed by atoms with Crippen LogP contribution in [0.1, 0.15) is 18.9 Å². The number of benzene rings is 1. The molecule has 1 N–H and O–H groups in total. The molecular formula is C14H23NO3S. The Morgan fingerprint density at radius 3 is 2.42 bits per heavy atom. The van der Waals surface area contributed by atoms with E-state index in [0.29, 0.717) is 26.1 Å². The lowest BCUT2D eigenvalue weighted by Crippen LogP contribution is -2.35. The molecule has 19 heavy (non-hydrogen) atoms. The van der Waals surface area contributed by atoms with Gasteiger partial charge in [0.25, 0.3) is 0 Å². The van der Waals surface area contributed by atoms with Gasteiger partial charge in [-0.3, -0.25) is 4.90 Å². The standard InChI is InChI=1S/C14H23NO3S/c1-3-14(16)12-15(9-10-19(2,17)18)11-13-7-5-4-6-8-13/h4-8,14,16H,3,9-12H2,1-2H3. The maximum Gasteiger partial charge on any atom is 0.148 e. The van der Waals surface area contributed by atoms with Crippen LogP contribution in [-0.2, 0) is 16.4 Å². The minimum atomic E-state index is -2.98. The molecule has 4 nitrogen and oxygen atoms in total. The number of nitrogens with zero attached hydrogens (tertiary/aromatic N) is 1. The van der Waals surface area contributed by atoms with E-state index in [1.54, 1.807) is 0 Å². The van der Waals surface area contributed by atoms with Gasteiger partial charge in [-0.2, -0.15) is 0 Å². The molecule has 0 aromatic heterocycles. The molecule has 0 aliphatic rings. The molecular weight excluding hydrogens is 262 g/mol. The second-order valence-corrected chi connectivity index (χ2v) is 7.17. The zero-order valence-corrected chi connectivity index (χ0v) is 12.4. The van der Waals surface area contributed by atoms with Crippen LogP contribution in [0.3, 0.4) is 0 Å². The molecule has 0 heterocycles. The van der Waals surface area contributed by atoms with Gasteiger partial charge in [0.15, 0.2) is 0 Å². The minimum absolute atomic E-state index is 0.121. The first-order chi connectivity index (χ1) is 8.90. The highest BCUT2D eigenvalue weighted by atomic mass is 32.2. The van der Waals surface area contributed by atoms with Gasteiger partial charge < -0.3 is 5.11 Å². The molecule has 0 radical (unpaired) electrons. The molecule has 0 fully saturated rings. The van der Waals surface area contributed by atoms with Crippen molar-refractivity contribution in [3.63, 3.8) is 0 Å². The molecule has 1 unspecified atom stereocenters. The van der Waals surface area contributed by atoms with E-state index in [4.69, 9.17) is 0 Å². The van der Waals surface area contributed by atoms with Crippen molar-refractivity contribution in [1.82, 2.24) is 4.90 Å². The van der Waals surface area contributed by atoms with Crippen LogP contribution in [0.15, 0.2) is 30.3 Å². The summed E-state index contributed by atoms with van der Waals surface area (Å²) in [5, 5.41) is 9.74. The second-order valence-electron chi connectivity index (χ2n) is 4.91. The smallest absolute Gasteiger partial charge is 0.148 e. The number of aliphatic hydroxyl groups is 1. The predicted molar refractivity (Wildman–Crippen MR) is 77.7 cm³/mol. The lowest BCUT2D eigenvalue weighted by atomic mass is 10.2. The Labute approximate surface area is 116 Å². The van der Waals surface area contributed by atoms with Crippen molar-refractivity contribution < 1.29 is 13.5 Å². The van der Waals surface area contributed by atoms with Gasteiger partial charge in [-0.1, -0.05) is 37.3 Å². The predicted octanol–water partition coefficient (Wildman–Crippen LogP) is 1.30. The summed E-state index contributed by atoms with van der Waals surface area (Å²) in [6, 6.07) is 9.88. The zero-order valence-electron chi connectivity index (χ0n) is 11.6. The van der Waals surface area contributed by atoms with Gasteiger partial charge >= 0.3 is 0 Å². The summed E-state index contributed by atoms with van der Waals surface area (Å²) in [7, 11) is -2.98. The van der Waals surface area contributed by atoms with Crippen molar-refractivity contribution >= 4 is 9.84 Å². The molecule has 108 valence electrons. The summed E-state index contributed by atoms with van der Waals surface area (Å²) >= 11 is 0. The summed E-state index contributed by atoms with van der Waals surface area (Å²) in [6.45, 7) is 3.53. The van der Waals surface area contributed by atoms with E-state index in [2.05, 4.69) is 0 Å². The summed E-state index contributed by atoms with van der Waals surface area (Å²) in [5.74, 6) is 0.121. The first-order valence-electron chi connectivity index (χ1n) is 6.52. The Hall–Kier alpha value is -0.910. The number of sulfone groups is 1. The lowest BCUT2D eigenvalue weighted by Gasteiger charge is -2.24. The van der Waals surface area contributed by atoms with E-state index < -0.39 is 15.9 Å². The van der Waals surface area contributed by atoms with Crippen molar-refractivity contribution in [3.05, 3.63) is 35.9 Å². The topological polar surface area (TPSA) is 57.6 Å². The molecule has 5 heteroatoms. The Morgan fingerprint density at radius 2 is 1.89 bits per heavy atom. The van der Waals surface area contributed by atoms with Gasteiger partial charge in [0.05, 0.1) is 11.9 Å². The molecule has 0 saturated carbocycles. The van der Waals surface area contributed by atoms with Gasteiger partial charge in [0.1, 0.15) is 9.84 Å². The van der Waals surface area contributed by atoms with E-state index >= 15 is 0 Å². The molecule has 1 rings (SSSR count). The van der Waals surface area contributed by atoms with Crippen LogP contribution in [-0.4, -0.2) is 49.6 Å². The van der Waals surface area contributed by atoms with Crippen LogP contribution >= 0.6 is 0 Å². The Bertz CT molecular complexity index is 459. The zero-order chi connectivity index (χ0) is 14.3. The fourth-order valence-electron chi connectivity index (χ4n) is 1.80. The third-order valence-corrected chi connectivity index (χ3v) is 3.89. The molecule has 0 spiro atoms. The summed E-state index contributed by atoms with van der Waals surface area (Å²) in [5.41, 5.74) is 1.12. The molecule has 1 aromatic rings. The second kappa shape index (κ2) is 7.62. The quantitative estimate of drug-likeness (QED) is 0.782. The molecule has 0 amide bonds. The number of hydrogen-bond donors (Lipinski definition) is 1. The van der Waals surface area contributed by atoms with Crippen molar-refractivity contribution in [2.45, 2.75) is 26.0 Å². The monoisotopic (exact) mass is 285 g/mol. The van der Waals surface area contributed by atoms with Crippen LogP contribution in [0.25, 0.3) is 0 Å². The average Bonchev–Trinajstić information content (AvgIpc) is 2.36. The molecule has 0 bridgehead atoms. The van der Waals surface area contributed by atoms with Crippen molar-refractivity contribution in [2.24, 2.45) is 0 Å². The Balaban J connectivity index is 2.63.